The molecule has 0 saturated heterocycles. The first-order valence-corrected chi connectivity index (χ1v) is 7.42. The van der Waals surface area contributed by atoms with Gasteiger partial charge in [0.05, 0.1) is 0 Å². The largest absolute Gasteiger partial charge is 0.324 e. The van der Waals surface area contributed by atoms with Crippen molar-refractivity contribution in [3.05, 3.63) is 46.4 Å². The van der Waals surface area contributed by atoms with Crippen molar-refractivity contribution in [2.75, 3.05) is 5.32 Å². The summed E-state index contributed by atoms with van der Waals surface area (Å²) in [6.45, 7) is 1.57. The van der Waals surface area contributed by atoms with Crippen LogP contribution >= 0.6 is 11.3 Å². The van der Waals surface area contributed by atoms with E-state index in [0.717, 1.165) is 5.56 Å². The Morgan fingerprint density at radius 1 is 1.41 bits per heavy atom. The lowest BCUT2D eigenvalue weighted by atomic mass is 10.2. The van der Waals surface area contributed by atoms with Gasteiger partial charge in [0.25, 0.3) is 0 Å². The fraction of sp³-hybridized carbons (Fsp3) is 0.143. The van der Waals surface area contributed by atoms with Crippen LogP contribution in [0.15, 0.2) is 35.0 Å². The number of anilines is 1. The SMILES string of the molecule is Cc1ccc(NC(=O)Cn2nnc(-c3ccsc3)n2)cc1F. The van der Waals surface area contributed by atoms with Crippen molar-refractivity contribution >= 4 is 22.9 Å². The number of hydrogen-bond acceptors (Lipinski definition) is 5. The Bertz CT molecular complexity index is 799. The monoisotopic (exact) mass is 317 g/mol. The lowest BCUT2D eigenvalue weighted by molar-refractivity contribution is -0.117. The number of nitrogens with zero attached hydrogens (tertiary/aromatic N) is 4. The Hall–Kier alpha value is -2.61. The van der Waals surface area contributed by atoms with Gasteiger partial charge in [-0.3, -0.25) is 4.79 Å². The quantitative estimate of drug-likeness (QED) is 0.802. The molecule has 0 spiro atoms. The number of tetrazole rings is 1. The molecule has 6 nitrogen and oxygen atoms in total. The number of carbonyl (C=O) groups is 1. The molecule has 1 amide bonds. The molecule has 3 rings (SSSR count). The standard InChI is InChI=1S/C14H12FN5OS/c1-9-2-3-11(6-12(9)15)16-13(21)7-20-18-14(17-19-20)10-4-5-22-8-10/h2-6,8H,7H2,1H3,(H,16,21). The van der Waals surface area contributed by atoms with E-state index in [4.69, 9.17) is 0 Å². The summed E-state index contributed by atoms with van der Waals surface area (Å²) in [5.41, 5.74) is 1.78. The molecule has 22 heavy (non-hydrogen) atoms. The van der Waals surface area contributed by atoms with Crippen LogP contribution in [0.3, 0.4) is 0 Å². The van der Waals surface area contributed by atoms with Crippen LogP contribution in [0.4, 0.5) is 10.1 Å². The highest BCUT2D eigenvalue weighted by Crippen LogP contribution is 2.17. The minimum absolute atomic E-state index is 0.0906. The summed E-state index contributed by atoms with van der Waals surface area (Å²) in [6.07, 6.45) is 0. The average Bonchev–Trinajstić information content (AvgIpc) is 3.13. The van der Waals surface area contributed by atoms with Crippen molar-refractivity contribution in [2.24, 2.45) is 0 Å². The van der Waals surface area contributed by atoms with Crippen molar-refractivity contribution in [1.29, 1.82) is 0 Å². The smallest absolute Gasteiger partial charge is 0.248 e. The zero-order chi connectivity index (χ0) is 15.5. The van der Waals surface area contributed by atoms with Gasteiger partial charge in [0.15, 0.2) is 0 Å². The number of hydrogen-bond donors (Lipinski definition) is 1. The van der Waals surface area contributed by atoms with E-state index in [0.29, 0.717) is 17.1 Å². The van der Waals surface area contributed by atoms with Crippen LogP contribution in [0.1, 0.15) is 5.56 Å². The molecule has 0 radical (unpaired) electrons. The van der Waals surface area contributed by atoms with Crippen LogP contribution in [0, 0.1) is 12.7 Å². The van der Waals surface area contributed by atoms with Crippen LogP contribution in [0.5, 0.6) is 0 Å². The maximum Gasteiger partial charge on any atom is 0.248 e. The van der Waals surface area contributed by atoms with E-state index in [-0.39, 0.29) is 18.3 Å². The van der Waals surface area contributed by atoms with Gasteiger partial charge in [0.2, 0.25) is 11.7 Å². The molecule has 0 atom stereocenters. The normalized spacial score (nSPS) is 10.6. The van der Waals surface area contributed by atoms with E-state index in [1.54, 1.807) is 19.1 Å². The molecule has 0 aliphatic rings. The number of amides is 1. The van der Waals surface area contributed by atoms with Gasteiger partial charge in [-0.15, -0.1) is 10.2 Å². The molecule has 8 heteroatoms. The van der Waals surface area contributed by atoms with Crippen LogP contribution in [-0.4, -0.2) is 26.1 Å². The number of aromatic nitrogens is 4. The summed E-state index contributed by atoms with van der Waals surface area (Å²) in [5.74, 6) is -0.246. The van der Waals surface area contributed by atoms with Gasteiger partial charge in [-0.2, -0.15) is 16.1 Å². The lowest BCUT2D eigenvalue weighted by Gasteiger charge is -2.05. The van der Waals surface area contributed by atoms with Crippen LogP contribution in [0.2, 0.25) is 0 Å². The number of aryl methyl sites for hydroxylation is 1. The van der Waals surface area contributed by atoms with Crippen LogP contribution < -0.4 is 5.32 Å². The minimum atomic E-state index is -0.364. The predicted molar refractivity (Wildman–Crippen MR) is 80.9 cm³/mol. The fourth-order valence-corrected chi connectivity index (χ4v) is 2.45. The highest BCUT2D eigenvalue weighted by molar-refractivity contribution is 7.08. The molecule has 0 aliphatic heterocycles. The van der Waals surface area contributed by atoms with Crippen molar-refractivity contribution in [1.82, 2.24) is 20.2 Å². The zero-order valence-corrected chi connectivity index (χ0v) is 12.5. The summed E-state index contributed by atoms with van der Waals surface area (Å²) >= 11 is 1.53. The zero-order valence-electron chi connectivity index (χ0n) is 11.7. The van der Waals surface area contributed by atoms with Crippen molar-refractivity contribution in [3.8, 4) is 11.4 Å². The maximum atomic E-state index is 13.4. The molecule has 2 aromatic heterocycles. The van der Waals surface area contributed by atoms with Crippen LogP contribution in [0.25, 0.3) is 11.4 Å². The summed E-state index contributed by atoms with van der Waals surface area (Å²) in [7, 11) is 0. The molecule has 2 heterocycles. The maximum absolute atomic E-state index is 13.4. The summed E-state index contributed by atoms with van der Waals surface area (Å²) < 4.78 is 13.4. The topological polar surface area (TPSA) is 72.7 Å². The molecule has 0 unspecified atom stereocenters. The third-order valence-electron chi connectivity index (χ3n) is 2.97. The molecule has 1 aromatic carbocycles. The van der Waals surface area contributed by atoms with E-state index >= 15 is 0 Å². The Labute approximate surface area is 129 Å². The summed E-state index contributed by atoms with van der Waals surface area (Å²) in [6, 6.07) is 6.40. The van der Waals surface area contributed by atoms with Gasteiger partial charge >= 0.3 is 0 Å². The number of benzene rings is 1. The highest BCUT2D eigenvalue weighted by atomic mass is 32.1. The summed E-state index contributed by atoms with van der Waals surface area (Å²) in [5, 5.41) is 18.3. The Morgan fingerprint density at radius 3 is 3.00 bits per heavy atom. The summed E-state index contributed by atoms with van der Waals surface area (Å²) in [4.78, 5) is 13.1. The third kappa shape index (κ3) is 3.17. The fourth-order valence-electron chi connectivity index (χ4n) is 1.82. The lowest BCUT2D eigenvalue weighted by Crippen LogP contribution is -2.20. The van der Waals surface area contributed by atoms with Gasteiger partial charge < -0.3 is 5.32 Å². The number of nitrogens with one attached hydrogen (secondary N) is 1. The van der Waals surface area contributed by atoms with E-state index in [9.17, 15) is 9.18 Å². The van der Waals surface area contributed by atoms with Crippen molar-refractivity contribution in [3.63, 3.8) is 0 Å². The van der Waals surface area contributed by atoms with Gasteiger partial charge in [0, 0.05) is 16.6 Å². The first-order valence-electron chi connectivity index (χ1n) is 6.48. The van der Waals surface area contributed by atoms with Gasteiger partial charge in [-0.25, -0.2) is 4.39 Å². The molecular weight excluding hydrogens is 305 g/mol. The number of carbonyl (C=O) groups excluding carboxylic acids is 1. The Balaban J connectivity index is 1.65. The number of rotatable bonds is 4. The van der Waals surface area contributed by atoms with Crippen LogP contribution in [-0.2, 0) is 11.3 Å². The third-order valence-corrected chi connectivity index (χ3v) is 3.66. The molecule has 0 saturated carbocycles. The van der Waals surface area contributed by atoms with Crippen molar-refractivity contribution in [2.45, 2.75) is 13.5 Å². The molecule has 0 bridgehead atoms. The first-order chi connectivity index (χ1) is 10.6. The van der Waals surface area contributed by atoms with E-state index in [1.165, 1.54) is 22.2 Å². The second-order valence-electron chi connectivity index (χ2n) is 4.67. The molecule has 0 aliphatic carbocycles. The minimum Gasteiger partial charge on any atom is -0.324 e. The first kappa shape index (κ1) is 14.3. The molecule has 112 valence electrons. The molecular formula is C14H12FN5OS. The molecule has 3 aromatic rings. The highest BCUT2D eigenvalue weighted by Gasteiger charge is 2.10. The van der Waals surface area contributed by atoms with E-state index in [2.05, 4.69) is 20.7 Å². The predicted octanol–water partition coefficient (Wildman–Crippen LogP) is 2.49. The van der Waals surface area contributed by atoms with E-state index in [1.807, 2.05) is 16.8 Å². The van der Waals surface area contributed by atoms with Gasteiger partial charge in [-0.05, 0) is 41.3 Å². The van der Waals surface area contributed by atoms with E-state index < -0.39 is 0 Å². The second kappa shape index (κ2) is 6.02. The Kier molecular flexibility index (Phi) is 3.92. The second-order valence-corrected chi connectivity index (χ2v) is 5.45. The number of thiophene rings is 1. The molecule has 0 fully saturated rings. The van der Waals surface area contributed by atoms with Gasteiger partial charge in [-0.1, -0.05) is 6.07 Å². The Morgan fingerprint density at radius 2 is 2.27 bits per heavy atom. The average molecular weight is 317 g/mol. The number of halogens is 1. The molecule has 1 N–H and O–H groups in total. The van der Waals surface area contributed by atoms with Crippen molar-refractivity contribution < 1.29 is 9.18 Å². The van der Waals surface area contributed by atoms with Gasteiger partial charge in [0.1, 0.15) is 12.4 Å².